The number of carbonyl (C=O) groups excluding carboxylic acids is 1. The largest absolute Gasteiger partial charge is 0.369 e. The predicted molar refractivity (Wildman–Crippen MR) is 29.0 cm³/mol. The van der Waals surface area contributed by atoms with Crippen LogP contribution in [0.15, 0.2) is 0 Å². The lowest BCUT2D eigenvalue weighted by atomic mass is 10.1. The summed E-state index contributed by atoms with van der Waals surface area (Å²) in [6.07, 6.45) is 0.245. The number of alkyl halides is 1. The Bertz CT molecular complexity index is 84.5. The second-order valence-corrected chi connectivity index (χ2v) is 1.78. The topological polar surface area (TPSA) is 43.1 Å². The summed E-state index contributed by atoms with van der Waals surface area (Å²) in [5.74, 6) is -0.748. The van der Waals surface area contributed by atoms with Crippen molar-refractivity contribution in [3.8, 4) is 0 Å². The summed E-state index contributed by atoms with van der Waals surface area (Å²) >= 11 is 0. The van der Waals surface area contributed by atoms with Gasteiger partial charge in [0.05, 0.1) is 6.67 Å². The first-order valence-corrected chi connectivity index (χ1v) is 2.53. The summed E-state index contributed by atoms with van der Waals surface area (Å²) in [4.78, 5) is 10.1. The molecule has 0 aliphatic carbocycles. The zero-order valence-electron chi connectivity index (χ0n) is 4.86. The Labute approximate surface area is 47.9 Å². The van der Waals surface area contributed by atoms with Crippen LogP contribution in [0.4, 0.5) is 4.39 Å². The van der Waals surface area contributed by atoms with Crippen LogP contribution in [0.2, 0.25) is 0 Å². The molecule has 0 fully saturated rings. The van der Waals surface area contributed by atoms with E-state index in [1.807, 2.05) is 0 Å². The molecular weight excluding hydrogens is 109 g/mol. The fourth-order valence-corrected chi connectivity index (χ4v) is 0.306. The second-order valence-electron chi connectivity index (χ2n) is 1.78. The maximum atomic E-state index is 11.4. The molecule has 0 saturated heterocycles. The normalized spacial score (nSPS) is 13.2. The molecule has 3 heteroatoms. The van der Waals surface area contributed by atoms with E-state index >= 15 is 0 Å². The van der Waals surface area contributed by atoms with Gasteiger partial charge in [0.15, 0.2) is 0 Å². The lowest BCUT2D eigenvalue weighted by molar-refractivity contribution is -0.121. The third kappa shape index (κ3) is 2.55. The molecule has 0 spiro atoms. The van der Waals surface area contributed by atoms with Gasteiger partial charge in [-0.1, -0.05) is 6.92 Å². The molecule has 0 aromatic carbocycles. The van der Waals surface area contributed by atoms with E-state index in [4.69, 9.17) is 5.73 Å². The fourth-order valence-electron chi connectivity index (χ4n) is 0.306. The Hall–Kier alpha value is -0.600. The van der Waals surface area contributed by atoms with Crippen molar-refractivity contribution in [3.05, 3.63) is 0 Å². The maximum absolute atomic E-state index is 11.4. The van der Waals surface area contributed by atoms with Gasteiger partial charge in [0.2, 0.25) is 5.91 Å². The van der Waals surface area contributed by atoms with Gasteiger partial charge in [-0.15, -0.1) is 0 Å². The van der Waals surface area contributed by atoms with Crippen LogP contribution in [0, 0.1) is 5.92 Å². The number of hydrogen-bond acceptors (Lipinski definition) is 1. The van der Waals surface area contributed by atoms with Crippen molar-refractivity contribution in [2.24, 2.45) is 11.7 Å². The zero-order chi connectivity index (χ0) is 6.57. The summed E-state index contributed by atoms with van der Waals surface area (Å²) in [6.45, 7) is 1.14. The molecule has 0 aromatic rings. The monoisotopic (exact) mass is 119 g/mol. The van der Waals surface area contributed by atoms with Crippen LogP contribution >= 0.6 is 0 Å². The van der Waals surface area contributed by atoms with Gasteiger partial charge in [0.1, 0.15) is 0 Å². The first-order valence-electron chi connectivity index (χ1n) is 2.53. The van der Waals surface area contributed by atoms with Crippen molar-refractivity contribution < 1.29 is 9.18 Å². The third-order valence-corrected chi connectivity index (χ3v) is 1.03. The minimum absolute atomic E-state index is 0.245. The molecule has 0 bridgehead atoms. The Morgan fingerprint density at radius 2 is 2.38 bits per heavy atom. The van der Waals surface area contributed by atoms with E-state index in [1.54, 1.807) is 6.92 Å². The number of hydrogen-bond donors (Lipinski definition) is 1. The maximum Gasteiger partial charge on any atom is 0.220 e. The van der Waals surface area contributed by atoms with Crippen molar-refractivity contribution in [1.82, 2.24) is 0 Å². The van der Waals surface area contributed by atoms with Gasteiger partial charge in [0, 0.05) is 5.92 Å². The van der Waals surface area contributed by atoms with Crippen molar-refractivity contribution in [1.29, 1.82) is 0 Å². The average Bonchev–Trinajstić information content (AvgIpc) is 1.67. The highest BCUT2D eigenvalue weighted by molar-refractivity contribution is 5.76. The second kappa shape index (κ2) is 3.41. The Morgan fingerprint density at radius 3 is 2.50 bits per heavy atom. The van der Waals surface area contributed by atoms with Crippen LogP contribution in [-0.4, -0.2) is 12.6 Å². The molecule has 0 rings (SSSR count). The van der Waals surface area contributed by atoms with Gasteiger partial charge in [-0.05, 0) is 6.42 Å². The highest BCUT2D eigenvalue weighted by Crippen LogP contribution is 1.98. The molecule has 0 heterocycles. The minimum Gasteiger partial charge on any atom is -0.369 e. The van der Waals surface area contributed by atoms with E-state index in [2.05, 4.69) is 0 Å². The van der Waals surface area contributed by atoms with Crippen LogP contribution in [-0.2, 0) is 4.79 Å². The van der Waals surface area contributed by atoms with Crippen LogP contribution in [0.5, 0.6) is 0 Å². The van der Waals surface area contributed by atoms with E-state index in [0.29, 0.717) is 0 Å². The molecule has 8 heavy (non-hydrogen) atoms. The predicted octanol–water partition coefficient (Wildman–Crippen LogP) is 0.467. The standard InChI is InChI=1S/C5H10FNO/c1-4(2-3-6)5(7)8/h4H,2-3H2,1H3,(H2,7,8). The van der Waals surface area contributed by atoms with Crippen LogP contribution in [0.25, 0.3) is 0 Å². The van der Waals surface area contributed by atoms with Gasteiger partial charge in [0.25, 0.3) is 0 Å². The molecule has 0 aromatic heterocycles. The van der Waals surface area contributed by atoms with Gasteiger partial charge in [-0.25, -0.2) is 0 Å². The lowest BCUT2D eigenvalue weighted by Crippen LogP contribution is -2.20. The van der Waals surface area contributed by atoms with E-state index in [-0.39, 0.29) is 12.3 Å². The summed E-state index contributed by atoms with van der Waals surface area (Å²) in [5.41, 5.74) is 4.82. The highest BCUT2D eigenvalue weighted by Gasteiger charge is 2.06. The molecule has 48 valence electrons. The molecule has 1 atom stereocenters. The van der Waals surface area contributed by atoms with Crippen LogP contribution in [0.3, 0.4) is 0 Å². The summed E-state index contributed by atoms with van der Waals surface area (Å²) < 4.78 is 11.4. The van der Waals surface area contributed by atoms with E-state index in [9.17, 15) is 9.18 Å². The molecule has 0 aliphatic rings. The Balaban J connectivity index is 3.32. The summed E-state index contributed by atoms with van der Waals surface area (Å²) in [6, 6.07) is 0. The van der Waals surface area contributed by atoms with Gasteiger partial charge < -0.3 is 5.73 Å². The smallest absolute Gasteiger partial charge is 0.220 e. The Kier molecular flexibility index (Phi) is 3.15. The zero-order valence-corrected chi connectivity index (χ0v) is 4.86. The first kappa shape index (κ1) is 7.40. The van der Waals surface area contributed by atoms with Crippen molar-refractivity contribution in [2.45, 2.75) is 13.3 Å². The fraction of sp³-hybridized carbons (Fsp3) is 0.800. The van der Waals surface area contributed by atoms with Crippen molar-refractivity contribution in [2.75, 3.05) is 6.67 Å². The Morgan fingerprint density at radius 1 is 1.88 bits per heavy atom. The molecular formula is C5H10FNO. The number of rotatable bonds is 3. The van der Waals surface area contributed by atoms with Gasteiger partial charge in [-0.2, -0.15) is 0 Å². The number of primary amides is 1. The van der Waals surface area contributed by atoms with E-state index in [1.165, 1.54) is 0 Å². The van der Waals surface area contributed by atoms with Gasteiger partial charge in [-0.3, -0.25) is 9.18 Å². The van der Waals surface area contributed by atoms with Crippen LogP contribution < -0.4 is 5.73 Å². The molecule has 1 amide bonds. The van der Waals surface area contributed by atoms with Gasteiger partial charge >= 0.3 is 0 Å². The van der Waals surface area contributed by atoms with E-state index < -0.39 is 12.6 Å². The molecule has 2 N–H and O–H groups in total. The summed E-state index contributed by atoms with van der Waals surface area (Å²) in [7, 11) is 0. The lowest BCUT2D eigenvalue weighted by Gasteiger charge is -2.00. The molecule has 1 unspecified atom stereocenters. The number of halogens is 1. The first-order chi connectivity index (χ1) is 3.68. The molecule has 0 saturated carbocycles. The summed E-state index contributed by atoms with van der Waals surface area (Å²) in [5, 5.41) is 0. The number of carbonyl (C=O) groups is 1. The SMILES string of the molecule is CC(CCF)C(N)=O. The number of amides is 1. The molecule has 0 radical (unpaired) electrons. The average molecular weight is 119 g/mol. The highest BCUT2D eigenvalue weighted by atomic mass is 19.1. The van der Waals surface area contributed by atoms with E-state index in [0.717, 1.165) is 0 Å². The van der Waals surface area contributed by atoms with Crippen molar-refractivity contribution in [3.63, 3.8) is 0 Å². The van der Waals surface area contributed by atoms with Crippen molar-refractivity contribution >= 4 is 5.91 Å². The quantitative estimate of drug-likeness (QED) is 0.576. The van der Waals surface area contributed by atoms with Crippen LogP contribution in [0.1, 0.15) is 13.3 Å². The molecule has 2 nitrogen and oxygen atoms in total. The number of nitrogens with two attached hydrogens (primary N) is 1. The third-order valence-electron chi connectivity index (χ3n) is 1.03. The minimum atomic E-state index is -0.468. The molecule has 0 aliphatic heterocycles.